The van der Waals surface area contributed by atoms with Crippen LogP contribution in [0.15, 0.2) is 6.07 Å². The average Bonchev–Trinajstić information content (AvgIpc) is 2.36. The van der Waals surface area contributed by atoms with Gasteiger partial charge in [0, 0.05) is 0 Å². The van der Waals surface area contributed by atoms with Crippen LogP contribution in [0.4, 0.5) is 0 Å². The van der Waals surface area contributed by atoms with Crippen molar-refractivity contribution in [1.29, 1.82) is 0 Å². The lowest BCUT2D eigenvalue weighted by Gasteiger charge is -2.21. The number of rotatable bonds is 4. The average molecular weight is 254 g/mol. The van der Waals surface area contributed by atoms with Crippen molar-refractivity contribution >= 4 is 11.6 Å². The second-order valence-corrected chi connectivity index (χ2v) is 5.00. The molecule has 0 unspecified atom stereocenters. The van der Waals surface area contributed by atoms with Crippen molar-refractivity contribution in [1.82, 2.24) is 0 Å². The van der Waals surface area contributed by atoms with E-state index >= 15 is 0 Å². The molecule has 1 aliphatic carbocycles. The molecular formula is C14H20ClNO. The third-order valence-electron chi connectivity index (χ3n) is 3.47. The van der Waals surface area contributed by atoms with Gasteiger partial charge in [0.05, 0.1) is 12.1 Å². The molecule has 1 aliphatic rings. The molecule has 0 spiro atoms. The minimum Gasteiger partial charge on any atom is -0.495 e. The molecule has 0 bridgehead atoms. The molecule has 0 radical (unpaired) electrons. The fourth-order valence-corrected chi connectivity index (χ4v) is 3.01. The molecule has 2 nitrogen and oxygen atoms in total. The zero-order valence-corrected chi connectivity index (χ0v) is 11.1. The van der Waals surface area contributed by atoms with Gasteiger partial charge in [-0.05, 0) is 61.8 Å². The summed E-state index contributed by atoms with van der Waals surface area (Å²) in [5, 5.41) is 0.830. The maximum atomic E-state index is 6.45. The number of methoxy groups -OCH3 is 1. The Hall–Kier alpha value is -0.730. The Labute approximate surface area is 108 Å². The van der Waals surface area contributed by atoms with Crippen molar-refractivity contribution in [3.63, 3.8) is 0 Å². The Bertz CT molecular complexity index is 404. The number of nitrogens with two attached hydrogens (primary N) is 1. The largest absolute Gasteiger partial charge is 0.495 e. The van der Waals surface area contributed by atoms with Crippen LogP contribution in [-0.2, 0) is 19.3 Å². The molecule has 0 fully saturated rings. The van der Waals surface area contributed by atoms with E-state index in [1.54, 1.807) is 7.11 Å². The number of halogens is 1. The van der Waals surface area contributed by atoms with Crippen molar-refractivity contribution in [2.75, 3.05) is 13.7 Å². The molecule has 0 aliphatic heterocycles. The molecule has 0 saturated carbocycles. The Kier molecular flexibility index (Phi) is 4.30. The number of aryl methyl sites for hydroxylation is 2. The van der Waals surface area contributed by atoms with E-state index in [1.165, 1.54) is 29.5 Å². The number of hydrogen-bond acceptors (Lipinski definition) is 2. The fourth-order valence-electron chi connectivity index (χ4n) is 2.59. The van der Waals surface area contributed by atoms with Gasteiger partial charge in [-0.25, -0.2) is 0 Å². The van der Waals surface area contributed by atoms with Crippen molar-refractivity contribution in [3.8, 4) is 5.75 Å². The summed E-state index contributed by atoms with van der Waals surface area (Å²) in [4.78, 5) is 0. The van der Waals surface area contributed by atoms with Gasteiger partial charge in [-0.2, -0.15) is 0 Å². The van der Waals surface area contributed by atoms with Gasteiger partial charge in [0.25, 0.3) is 0 Å². The monoisotopic (exact) mass is 253 g/mol. The molecule has 0 atom stereocenters. The van der Waals surface area contributed by atoms with Gasteiger partial charge in [0.1, 0.15) is 5.75 Å². The molecular weight excluding hydrogens is 234 g/mol. The summed E-state index contributed by atoms with van der Waals surface area (Å²) in [5.74, 6) is 0.862. The van der Waals surface area contributed by atoms with Gasteiger partial charge in [0.15, 0.2) is 0 Å². The van der Waals surface area contributed by atoms with Crippen molar-refractivity contribution < 1.29 is 4.74 Å². The quantitative estimate of drug-likeness (QED) is 0.895. The van der Waals surface area contributed by atoms with Crippen LogP contribution in [0.2, 0.25) is 5.02 Å². The predicted molar refractivity (Wildman–Crippen MR) is 72.0 cm³/mol. The smallest absolute Gasteiger partial charge is 0.140 e. The maximum Gasteiger partial charge on any atom is 0.140 e. The standard InChI is InChI=1S/C14H20ClNO/c1-17-14-11(6-4-8-16)9-10-5-2-3-7-12(10)13(14)15/h9H,2-8,16H2,1H3. The number of hydrogen-bond donors (Lipinski definition) is 1. The topological polar surface area (TPSA) is 35.2 Å². The van der Waals surface area contributed by atoms with E-state index in [1.807, 2.05) is 0 Å². The lowest BCUT2D eigenvalue weighted by molar-refractivity contribution is 0.408. The number of fused-ring (bicyclic) bond motifs is 1. The highest BCUT2D eigenvalue weighted by atomic mass is 35.5. The fraction of sp³-hybridized carbons (Fsp3) is 0.571. The van der Waals surface area contributed by atoms with E-state index in [2.05, 4.69) is 6.07 Å². The van der Waals surface area contributed by atoms with Gasteiger partial charge in [-0.15, -0.1) is 0 Å². The third-order valence-corrected chi connectivity index (χ3v) is 3.87. The summed E-state index contributed by atoms with van der Waals surface area (Å²) in [6.07, 6.45) is 6.67. The normalized spacial score (nSPS) is 14.5. The zero-order chi connectivity index (χ0) is 12.3. The molecule has 17 heavy (non-hydrogen) atoms. The van der Waals surface area contributed by atoms with Gasteiger partial charge in [-0.1, -0.05) is 17.7 Å². The highest BCUT2D eigenvalue weighted by Gasteiger charge is 2.19. The molecule has 2 N–H and O–H groups in total. The van der Waals surface area contributed by atoms with E-state index in [-0.39, 0.29) is 0 Å². The Balaban J connectivity index is 2.40. The van der Waals surface area contributed by atoms with Crippen LogP contribution in [0.5, 0.6) is 5.75 Å². The second kappa shape index (κ2) is 5.74. The highest BCUT2D eigenvalue weighted by Crippen LogP contribution is 2.38. The third kappa shape index (κ3) is 2.58. The summed E-state index contributed by atoms with van der Waals surface area (Å²) >= 11 is 6.45. The Morgan fingerprint density at radius 1 is 1.35 bits per heavy atom. The van der Waals surface area contributed by atoms with Gasteiger partial charge in [-0.3, -0.25) is 0 Å². The highest BCUT2D eigenvalue weighted by molar-refractivity contribution is 6.33. The van der Waals surface area contributed by atoms with Gasteiger partial charge in [0.2, 0.25) is 0 Å². The van der Waals surface area contributed by atoms with Crippen LogP contribution in [0.1, 0.15) is 36.0 Å². The SMILES string of the molecule is COc1c(CCCN)cc2c(c1Cl)CCCC2. The summed E-state index contributed by atoms with van der Waals surface area (Å²) in [6, 6.07) is 2.27. The summed E-state index contributed by atoms with van der Waals surface area (Å²) in [7, 11) is 1.70. The molecule has 0 saturated heterocycles. The van der Waals surface area contributed by atoms with Gasteiger partial charge < -0.3 is 10.5 Å². The summed E-state index contributed by atoms with van der Waals surface area (Å²) < 4.78 is 5.47. The van der Waals surface area contributed by atoms with E-state index < -0.39 is 0 Å². The molecule has 0 heterocycles. The first kappa shape index (κ1) is 12.7. The van der Waals surface area contributed by atoms with Gasteiger partial charge >= 0.3 is 0 Å². The predicted octanol–water partition coefficient (Wildman–Crippen LogP) is 3.12. The molecule has 0 aromatic heterocycles. The van der Waals surface area contributed by atoms with E-state index in [9.17, 15) is 0 Å². The molecule has 3 heteroatoms. The number of benzene rings is 1. The molecule has 94 valence electrons. The maximum absolute atomic E-state index is 6.45. The minimum absolute atomic E-state index is 0.706. The number of ether oxygens (including phenoxy) is 1. The molecule has 2 rings (SSSR count). The van der Waals surface area contributed by atoms with E-state index in [4.69, 9.17) is 22.1 Å². The lowest BCUT2D eigenvalue weighted by atomic mass is 9.89. The van der Waals surface area contributed by atoms with E-state index in [0.717, 1.165) is 36.5 Å². The van der Waals surface area contributed by atoms with Crippen LogP contribution in [0.3, 0.4) is 0 Å². The summed E-state index contributed by atoms with van der Waals surface area (Å²) in [5.41, 5.74) is 9.49. The second-order valence-electron chi connectivity index (χ2n) is 4.62. The lowest BCUT2D eigenvalue weighted by Crippen LogP contribution is -2.08. The minimum atomic E-state index is 0.706. The van der Waals surface area contributed by atoms with E-state index in [0.29, 0.717) is 6.54 Å². The molecule has 1 aromatic rings. The van der Waals surface area contributed by atoms with Crippen LogP contribution in [0.25, 0.3) is 0 Å². The first-order valence-electron chi connectivity index (χ1n) is 6.35. The first-order valence-corrected chi connectivity index (χ1v) is 6.73. The molecule has 1 aromatic carbocycles. The first-order chi connectivity index (χ1) is 8.27. The van der Waals surface area contributed by atoms with Crippen LogP contribution < -0.4 is 10.5 Å². The van der Waals surface area contributed by atoms with Crippen molar-refractivity contribution in [2.45, 2.75) is 38.5 Å². The van der Waals surface area contributed by atoms with Crippen LogP contribution in [-0.4, -0.2) is 13.7 Å². The summed E-state index contributed by atoms with van der Waals surface area (Å²) in [6.45, 7) is 0.706. The van der Waals surface area contributed by atoms with Crippen molar-refractivity contribution in [2.24, 2.45) is 5.73 Å². The Morgan fingerprint density at radius 2 is 2.12 bits per heavy atom. The molecule has 0 amide bonds. The zero-order valence-electron chi connectivity index (χ0n) is 10.4. The van der Waals surface area contributed by atoms with Crippen LogP contribution >= 0.6 is 11.6 Å². The van der Waals surface area contributed by atoms with Crippen molar-refractivity contribution in [3.05, 3.63) is 27.8 Å². The Morgan fingerprint density at radius 3 is 2.82 bits per heavy atom. The van der Waals surface area contributed by atoms with Crippen LogP contribution in [0, 0.1) is 0 Å².